The molecule has 6 nitrogen and oxygen atoms in total. The summed E-state index contributed by atoms with van der Waals surface area (Å²) in [5.74, 6) is 0.421. The molecule has 0 radical (unpaired) electrons. The Bertz CT molecular complexity index is 544. The fourth-order valence-electron chi connectivity index (χ4n) is 2.38. The third-order valence-electron chi connectivity index (χ3n) is 3.52. The molecule has 0 aliphatic carbocycles. The number of anilines is 1. The standard InChI is InChI=1S/C15H21ClN4O2/c1-11(21)17-5-6-18-14-13(16)9-12(10-19-14)15(22)20-7-3-2-4-8-20/h9-10H,2-8H2,1H3,(H,17,21)(H,18,19). The average molecular weight is 325 g/mol. The minimum absolute atomic E-state index is 0.0149. The van der Waals surface area contributed by atoms with Crippen molar-refractivity contribution in [1.82, 2.24) is 15.2 Å². The second-order valence-corrected chi connectivity index (χ2v) is 5.72. The summed E-state index contributed by atoms with van der Waals surface area (Å²) >= 11 is 6.17. The highest BCUT2D eigenvalue weighted by Crippen LogP contribution is 2.21. The van der Waals surface area contributed by atoms with Crippen LogP contribution in [0.5, 0.6) is 0 Å². The Kier molecular flexibility index (Phi) is 6.00. The van der Waals surface area contributed by atoms with Crippen LogP contribution in [0.1, 0.15) is 36.5 Å². The highest BCUT2D eigenvalue weighted by molar-refractivity contribution is 6.33. The molecule has 22 heavy (non-hydrogen) atoms. The summed E-state index contributed by atoms with van der Waals surface area (Å²) in [6, 6.07) is 1.65. The fourth-order valence-corrected chi connectivity index (χ4v) is 2.62. The van der Waals surface area contributed by atoms with E-state index in [9.17, 15) is 9.59 Å². The number of rotatable bonds is 5. The number of carbonyl (C=O) groups is 2. The van der Waals surface area contributed by atoms with Gasteiger partial charge in [0.05, 0.1) is 10.6 Å². The van der Waals surface area contributed by atoms with Crippen molar-refractivity contribution in [2.24, 2.45) is 0 Å². The maximum Gasteiger partial charge on any atom is 0.255 e. The first-order valence-corrected chi connectivity index (χ1v) is 7.89. The molecule has 1 aliphatic rings. The summed E-state index contributed by atoms with van der Waals surface area (Å²) in [5.41, 5.74) is 0.513. The van der Waals surface area contributed by atoms with E-state index in [0.717, 1.165) is 25.9 Å². The van der Waals surface area contributed by atoms with Crippen LogP contribution in [0, 0.1) is 0 Å². The first kappa shape index (κ1) is 16.5. The number of hydrogen-bond donors (Lipinski definition) is 2. The summed E-state index contributed by atoms with van der Waals surface area (Å²) < 4.78 is 0. The quantitative estimate of drug-likeness (QED) is 0.811. The van der Waals surface area contributed by atoms with Crippen molar-refractivity contribution in [3.63, 3.8) is 0 Å². The van der Waals surface area contributed by atoms with Gasteiger partial charge < -0.3 is 15.5 Å². The molecule has 1 fully saturated rings. The average Bonchev–Trinajstić information content (AvgIpc) is 2.52. The molecule has 1 aromatic heterocycles. The molecular weight excluding hydrogens is 304 g/mol. The molecule has 1 aromatic rings. The van der Waals surface area contributed by atoms with Gasteiger partial charge in [-0.05, 0) is 25.3 Å². The normalized spacial score (nSPS) is 14.5. The lowest BCUT2D eigenvalue weighted by Crippen LogP contribution is -2.35. The highest BCUT2D eigenvalue weighted by atomic mass is 35.5. The van der Waals surface area contributed by atoms with Crippen LogP contribution >= 0.6 is 11.6 Å². The lowest BCUT2D eigenvalue weighted by molar-refractivity contribution is -0.118. The van der Waals surface area contributed by atoms with Crippen molar-refractivity contribution in [3.05, 3.63) is 22.8 Å². The van der Waals surface area contributed by atoms with Crippen LogP contribution < -0.4 is 10.6 Å². The van der Waals surface area contributed by atoms with E-state index >= 15 is 0 Å². The van der Waals surface area contributed by atoms with Crippen LogP contribution in [0.25, 0.3) is 0 Å². The fraction of sp³-hybridized carbons (Fsp3) is 0.533. The van der Waals surface area contributed by atoms with E-state index in [1.165, 1.54) is 13.3 Å². The Morgan fingerprint density at radius 2 is 2.00 bits per heavy atom. The zero-order valence-electron chi connectivity index (χ0n) is 12.7. The number of likely N-dealkylation sites (tertiary alicyclic amines) is 1. The van der Waals surface area contributed by atoms with E-state index in [1.807, 2.05) is 4.90 Å². The van der Waals surface area contributed by atoms with Gasteiger partial charge in [0.2, 0.25) is 5.91 Å². The van der Waals surface area contributed by atoms with Crippen molar-refractivity contribution in [2.75, 3.05) is 31.5 Å². The van der Waals surface area contributed by atoms with Gasteiger partial charge in [-0.1, -0.05) is 11.6 Å². The van der Waals surface area contributed by atoms with Crippen molar-refractivity contribution < 1.29 is 9.59 Å². The van der Waals surface area contributed by atoms with E-state index in [1.54, 1.807) is 12.3 Å². The van der Waals surface area contributed by atoms with Gasteiger partial charge >= 0.3 is 0 Å². The van der Waals surface area contributed by atoms with E-state index in [0.29, 0.717) is 29.5 Å². The number of piperidine rings is 1. The third kappa shape index (κ3) is 4.59. The van der Waals surface area contributed by atoms with E-state index in [2.05, 4.69) is 15.6 Å². The number of aromatic nitrogens is 1. The zero-order chi connectivity index (χ0) is 15.9. The highest BCUT2D eigenvalue weighted by Gasteiger charge is 2.19. The number of carbonyl (C=O) groups excluding carboxylic acids is 2. The number of pyridine rings is 1. The summed E-state index contributed by atoms with van der Waals surface area (Å²) in [5, 5.41) is 6.11. The molecule has 2 amide bonds. The second-order valence-electron chi connectivity index (χ2n) is 5.32. The summed E-state index contributed by atoms with van der Waals surface area (Å²) in [6.45, 7) is 4.07. The van der Waals surface area contributed by atoms with Crippen LogP contribution in [-0.2, 0) is 4.79 Å². The van der Waals surface area contributed by atoms with Gasteiger partial charge in [-0.15, -0.1) is 0 Å². The van der Waals surface area contributed by atoms with Crippen molar-refractivity contribution in [3.8, 4) is 0 Å². The lowest BCUT2D eigenvalue weighted by Gasteiger charge is -2.26. The Hall–Kier alpha value is -1.82. The Labute approximate surface area is 135 Å². The Balaban J connectivity index is 1.93. The third-order valence-corrected chi connectivity index (χ3v) is 3.81. The molecule has 120 valence electrons. The van der Waals surface area contributed by atoms with Gasteiger partial charge in [-0.2, -0.15) is 0 Å². The van der Waals surface area contributed by atoms with Crippen molar-refractivity contribution >= 4 is 29.2 Å². The van der Waals surface area contributed by atoms with E-state index in [4.69, 9.17) is 11.6 Å². The first-order chi connectivity index (χ1) is 10.6. The maximum atomic E-state index is 12.4. The number of hydrogen-bond acceptors (Lipinski definition) is 4. The Morgan fingerprint density at radius 1 is 1.27 bits per heavy atom. The molecule has 1 saturated heterocycles. The first-order valence-electron chi connectivity index (χ1n) is 7.51. The van der Waals surface area contributed by atoms with Crippen LogP contribution in [0.2, 0.25) is 5.02 Å². The minimum Gasteiger partial charge on any atom is -0.367 e. The number of amides is 2. The van der Waals surface area contributed by atoms with E-state index in [-0.39, 0.29) is 11.8 Å². The van der Waals surface area contributed by atoms with Crippen molar-refractivity contribution in [1.29, 1.82) is 0 Å². The number of nitrogens with zero attached hydrogens (tertiary/aromatic N) is 2. The smallest absolute Gasteiger partial charge is 0.255 e. The minimum atomic E-state index is -0.0802. The molecule has 2 heterocycles. The topological polar surface area (TPSA) is 74.3 Å². The second kappa shape index (κ2) is 7.98. The van der Waals surface area contributed by atoms with Gasteiger partial charge in [0, 0.05) is 39.3 Å². The van der Waals surface area contributed by atoms with E-state index < -0.39 is 0 Å². The largest absolute Gasteiger partial charge is 0.367 e. The molecule has 2 rings (SSSR count). The predicted molar refractivity (Wildman–Crippen MR) is 86.2 cm³/mol. The Morgan fingerprint density at radius 3 is 2.64 bits per heavy atom. The molecule has 0 bridgehead atoms. The molecule has 7 heteroatoms. The van der Waals surface area contributed by atoms with Crippen LogP contribution in [0.4, 0.5) is 5.82 Å². The molecule has 0 aromatic carbocycles. The molecule has 0 saturated carbocycles. The van der Waals surface area contributed by atoms with Crippen LogP contribution in [-0.4, -0.2) is 47.9 Å². The number of halogens is 1. The SMILES string of the molecule is CC(=O)NCCNc1ncc(C(=O)N2CCCCC2)cc1Cl. The molecule has 0 spiro atoms. The van der Waals surface area contributed by atoms with Gasteiger partial charge in [-0.3, -0.25) is 9.59 Å². The summed E-state index contributed by atoms with van der Waals surface area (Å²) in [6.07, 6.45) is 4.83. The van der Waals surface area contributed by atoms with Gasteiger partial charge in [0.25, 0.3) is 5.91 Å². The van der Waals surface area contributed by atoms with Gasteiger partial charge in [-0.25, -0.2) is 4.98 Å². The molecule has 2 N–H and O–H groups in total. The van der Waals surface area contributed by atoms with Crippen LogP contribution in [0.3, 0.4) is 0 Å². The zero-order valence-corrected chi connectivity index (χ0v) is 13.4. The molecular formula is C15H21ClN4O2. The van der Waals surface area contributed by atoms with Gasteiger partial charge in [0.1, 0.15) is 5.82 Å². The predicted octanol–water partition coefficient (Wildman–Crippen LogP) is 1.91. The van der Waals surface area contributed by atoms with Crippen LogP contribution in [0.15, 0.2) is 12.3 Å². The number of nitrogens with one attached hydrogen (secondary N) is 2. The van der Waals surface area contributed by atoms with Gasteiger partial charge in [0.15, 0.2) is 0 Å². The van der Waals surface area contributed by atoms with Crippen molar-refractivity contribution in [2.45, 2.75) is 26.2 Å². The summed E-state index contributed by atoms with van der Waals surface area (Å²) in [4.78, 5) is 29.2. The molecule has 0 atom stereocenters. The molecule has 1 aliphatic heterocycles. The molecule has 0 unspecified atom stereocenters. The lowest BCUT2D eigenvalue weighted by atomic mass is 10.1. The summed E-state index contributed by atoms with van der Waals surface area (Å²) in [7, 11) is 0. The monoisotopic (exact) mass is 324 g/mol. The maximum absolute atomic E-state index is 12.4.